The van der Waals surface area contributed by atoms with Gasteiger partial charge in [-0.1, -0.05) is 24.3 Å². The van der Waals surface area contributed by atoms with Crippen LogP contribution in [0.1, 0.15) is 21.0 Å². The van der Waals surface area contributed by atoms with Crippen LogP contribution < -0.4 is 10.6 Å². The molecule has 2 amide bonds. The van der Waals surface area contributed by atoms with Crippen LogP contribution in [0.15, 0.2) is 104 Å². The number of carbonyl (C=O) groups excluding carboxylic acids is 2. The minimum atomic E-state index is -0.275. The summed E-state index contributed by atoms with van der Waals surface area (Å²) in [6.07, 6.45) is 4.90. The third-order valence-corrected chi connectivity index (χ3v) is 5.22. The minimum Gasteiger partial charge on any atom is -0.338 e. The van der Waals surface area contributed by atoms with Gasteiger partial charge in [0, 0.05) is 34.9 Å². The Morgan fingerprint density at radius 3 is 1.91 bits per heavy atom. The van der Waals surface area contributed by atoms with Gasteiger partial charge in [-0.05, 0) is 60.7 Å². The Hall–Kier alpha value is -5.11. The zero-order valence-electron chi connectivity index (χ0n) is 18.5. The highest BCUT2D eigenvalue weighted by Crippen LogP contribution is 2.25. The number of hydrogen-bond acceptors (Lipinski definition) is 5. The van der Waals surface area contributed by atoms with E-state index in [0.29, 0.717) is 28.6 Å². The summed E-state index contributed by atoms with van der Waals surface area (Å²) in [5, 5.41) is 5.70. The van der Waals surface area contributed by atoms with Gasteiger partial charge < -0.3 is 15.6 Å². The Bertz CT molecular complexity index is 1460. The molecule has 0 aliphatic carbocycles. The summed E-state index contributed by atoms with van der Waals surface area (Å²) in [7, 11) is 0. The van der Waals surface area contributed by atoms with E-state index >= 15 is 0 Å². The van der Waals surface area contributed by atoms with Crippen LogP contribution in [0.2, 0.25) is 0 Å². The standard InChI is InChI=1S/C27H20N6O2/c34-26(22-8-1-3-14-28-22)31-20-12-10-18(11-13-20)25-30-17-24(33-25)19-6-5-7-21(16-19)32-27(35)23-9-2-4-15-29-23/h1-17H,(H,30,33)(H,31,34)(H,32,35). The van der Waals surface area contributed by atoms with Gasteiger partial charge in [0.2, 0.25) is 0 Å². The van der Waals surface area contributed by atoms with E-state index in [-0.39, 0.29) is 11.8 Å². The summed E-state index contributed by atoms with van der Waals surface area (Å²) < 4.78 is 0. The number of aromatic amines is 1. The van der Waals surface area contributed by atoms with Crippen molar-refractivity contribution in [3.05, 3.63) is 115 Å². The lowest BCUT2D eigenvalue weighted by Gasteiger charge is -2.06. The Morgan fingerprint density at radius 2 is 1.29 bits per heavy atom. The van der Waals surface area contributed by atoms with Crippen LogP contribution in [-0.4, -0.2) is 31.8 Å². The van der Waals surface area contributed by atoms with Crippen molar-refractivity contribution < 1.29 is 9.59 Å². The number of pyridine rings is 2. The van der Waals surface area contributed by atoms with Gasteiger partial charge in [-0.25, -0.2) is 4.98 Å². The van der Waals surface area contributed by atoms with Gasteiger partial charge in [0.1, 0.15) is 17.2 Å². The number of nitrogens with zero attached hydrogens (tertiary/aromatic N) is 3. The fourth-order valence-corrected chi connectivity index (χ4v) is 3.47. The van der Waals surface area contributed by atoms with Crippen molar-refractivity contribution in [2.45, 2.75) is 0 Å². The first kappa shape index (κ1) is 21.7. The van der Waals surface area contributed by atoms with E-state index in [1.165, 1.54) is 0 Å². The Balaban J connectivity index is 1.28. The van der Waals surface area contributed by atoms with E-state index in [9.17, 15) is 9.59 Å². The molecule has 0 fully saturated rings. The van der Waals surface area contributed by atoms with Gasteiger partial charge in [-0.15, -0.1) is 0 Å². The van der Waals surface area contributed by atoms with Gasteiger partial charge in [0.15, 0.2) is 0 Å². The molecule has 0 atom stereocenters. The zero-order valence-corrected chi connectivity index (χ0v) is 18.5. The number of rotatable bonds is 6. The van der Waals surface area contributed by atoms with Crippen molar-refractivity contribution >= 4 is 23.2 Å². The molecule has 5 aromatic rings. The maximum absolute atomic E-state index is 12.4. The number of aromatic nitrogens is 4. The van der Waals surface area contributed by atoms with Crippen LogP contribution in [0.4, 0.5) is 11.4 Å². The van der Waals surface area contributed by atoms with Gasteiger partial charge in [-0.3, -0.25) is 19.6 Å². The lowest BCUT2D eigenvalue weighted by Crippen LogP contribution is -2.13. The first-order valence-electron chi connectivity index (χ1n) is 10.9. The summed E-state index contributed by atoms with van der Waals surface area (Å²) in [6.45, 7) is 0. The van der Waals surface area contributed by atoms with Crippen molar-refractivity contribution in [3.63, 3.8) is 0 Å². The van der Waals surface area contributed by atoms with E-state index in [2.05, 4.69) is 30.6 Å². The number of hydrogen-bond donors (Lipinski definition) is 3. The molecule has 170 valence electrons. The Labute approximate surface area is 201 Å². The second-order valence-corrected chi connectivity index (χ2v) is 7.64. The summed E-state index contributed by atoms with van der Waals surface area (Å²) in [6, 6.07) is 25.2. The molecule has 8 heteroatoms. The SMILES string of the molecule is O=C(Nc1ccc(-c2ncc(-c3cccc(NC(=O)c4ccccn4)c3)[nH]2)cc1)c1ccccn1. The molecule has 3 aromatic heterocycles. The van der Waals surface area contributed by atoms with E-state index in [1.54, 1.807) is 55.0 Å². The highest BCUT2D eigenvalue weighted by molar-refractivity contribution is 6.03. The molecule has 3 N–H and O–H groups in total. The van der Waals surface area contributed by atoms with Gasteiger partial charge in [-0.2, -0.15) is 0 Å². The highest BCUT2D eigenvalue weighted by atomic mass is 16.2. The third kappa shape index (κ3) is 5.12. The number of benzene rings is 2. The lowest BCUT2D eigenvalue weighted by atomic mass is 10.1. The molecule has 2 aromatic carbocycles. The maximum Gasteiger partial charge on any atom is 0.274 e. The van der Waals surface area contributed by atoms with Crippen LogP contribution in [0, 0.1) is 0 Å². The average molecular weight is 460 g/mol. The molecule has 0 aliphatic rings. The summed E-state index contributed by atoms with van der Waals surface area (Å²) in [5.41, 5.74) is 4.57. The van der Waals surface area contributed by atoms with E-state index in [4.69, 9.17) is 0 Å². The van der Waals surface area contributed by atoms with Crippen molar-refractivity contribution in [3.8, 4) is 22.6 Å². The molecular formula is C27H20N6O2. The Kier molecular flexibility index (Phi) is 6.08. The molecule has 0 saturated carbocycles. The van der Waals surface area contributed by atoms with Crippen LogP contribution in [0.5, 0.6) is 0 Å². The normalized spacial score (nSPS) is 10.5. The van der Waals surface area contributed by atoms with Gasteiger partial charge in [0.25, 0.3) is 11.8 Å². The van der Waals surface area contributed by atoms with Crippen LogP contribution >= 0.6 is 0 Å². The van der Waals surface area contributed by atoms with Crippen LogP contribution in [-0.2, 0) is 0 Å². The largest absolute Gasteiger partial charge is 0.338 e. The molecule has 35 heavy (non-hydrogen) atoms. The lowest BCUT2D eigenvalue weighted by molar-refractivity contribution is 0.101. The number of amides is 2. The molecule has 5 rings (SSSR count). The average Bonchev–Trinajstić information content (AvgIpc) is 3.41. The molecule has 8 nitrogen and oxygen atoms in total. The Morgan fingerprint density at radius 1 is 0.629 bits per heavy atom. The number of imidazole rings is 1. The molecule has 0 bridgehead atoms. The van der Waals surface area contributed by atoms with E-state index < -0.39 is 0 Å². The predicted molar refractivity (Wildman–Crippen MR) is 134 cm³/mol. The van der Waals surface area contributed by atoms with E-state index in [0.717, 1.165) is 16.8 Å². The number of H-pyrrole nitrogens is 1. The quantitative estimate of drug-likeness (QED) is 0.329. The van der Waals surface area contributed by atoms with Crippen LogP contribution in [0.25, 0.3) is 22.6 Å². The highest BCUT2D eigenvalue weighted by Gasteiger charge is 2.11. The van der Waals surface area contributed by atoms with Crippen molar-refractivity contribution in [1.82, 2.24) is 19.9 Å². The van der Waals surface area contributed by atoms with Crippen molar-refractivity contribution in [1.29, 1.82) is 0 Å². The monoisotopic (exact) mass is 460 g/mol. The molecule has 3 heterocycles. The predicted octanol–water partition coefficient (Wildman–Crippen LogP) is 5.04. The van der Waals surface area contributed by atoms with Crippen molar-refractivity contribution in [2.24, 2.45) is 0 Å². The fraction of sp³-hybridized carbons (Fsp3) is 0. The summed E-state index contributed by atoms with van der Waals surface area (Å²) in [4.78, 5) is 40.6. The summed E-state index contributed by atoms with van der Waals surface area (Å²) >= 11 is 0. The topological polar surface area (TPSA) is 113 Å². The van der Waals surface area contributed by atoms with Crippen molar-refractivity contribution in [2.75, 3.05) is 10.6 Å². The maximum atomic E-state index is 12.4. The molecule has 0 radical (unpaired) electrons. The number of anilines is 2. The molecule has 0 unspecified atom stereocenters. The first-order valence-corrected chi connectivity index (χ1v) is 10.9. The van der Waals surface area contributed by atoms with Crippen LogP contribution in [0.3, 0.4) is 0 Å². The zero-order chi connectivity index (χ0) is 24.0. The van der Waals surface area contributed by atoms with Gasteiger partial charge in [0.05, 0.1) is 11.9 Å². The molecule has 0 saturated heterocycles. The smallest absolute Gasteiger partial charge is 0.274 e. The minimum absolute atomic E-state index is 0.270. The molecule has 0 spiro atoms. The third-order valence-electron chi connectivity index (χ3n) is 5.22. The molecular weight excluding hydrogens is 440 g/mol. The van der Waals surface area contributed by atoms with E-state index in [1.807, 2.05) is 48.5 Å². The first-order chi connectivity index (χ1) is 17.2. The fourth-order valence-electron chi connectivity index (χ4n) is 3.47. The molecule has 0 aliphatic heterocycles. The number of carbonyl (C=O) groups is 2. The second-order valence-electron chi connectivity index (χ2n) is 7.64. The summed E-state index contributed by atoms with van der Waals surface area (Å²) in [5.74, 6) is 0.141. The number of nitrogens with one attached hydrogen (secondary N) is 3. The second kappa shape index (κ2) is 9.80. The van der Waals surface area contributed by atoms with Gasteiger partial charge >= 0.3 is 0 Å².